The van der Waals surface area contributed by atoms with E-state index in [1.54, 1.807) is 24.5 Å². The maximum Gasteiger partial charge on any atom is 0.252 e. The number of carbonyl (C=O) groups excluding carboxylic acids is 1. The fourth-order valence-electron chi connectivity index (χ4n) is 1.19. The molecule has 0 fully saturated rings. The standard InChI is InChI=1S/C12H17N3O/c1-3-5-14-11-7-10(8-13-9-11)12(16)15-6-4-2/h3,7-9,14H,1,4-6H2,2H3,(H,15,16). The third-order valence-corrected chi connectivity index (χ3v) is 1.99. The molecule has 0 aliphatic rings. The Bertz CT molecular complexity index is 363. The number of aromatic nitrogens is 1. The van der Waals surface area contributed by atoms with Crippen molar-refractivity contribution < 1.29 is 4.79 Å². The lowest BCUT2D eigenvalue weighted by molar-refractivity contribution is 0.0953. The van der Waals surface area contributed by atoms with E-state index in [4.69, 9.17) is 0 Å². The second-order valence-corrected chi connectivity index (χ2v) is 3.39. The van der Waals surface area contributed by atoms with E-state index >= 15 is 0 Å². The van der Waals surface area contributed by atoms with Crippen molar-refractivity contribution in [3.8, 4) is 0 Å². The predicted molar refractivity (Wildman–Crippen MR) is 65.5 cm³/mol. The molecule has 0 atom stereocenters. The Morgan fingerprint density at radius 2 is 2.38 bits per heavy atom. The summed E-state index contributed by atoms with van der Waals surface area (Å²) in [5.41, 5.74) is 1.39. The van der Waals surface area contributed by atoms with Crippen LogP contribution in [0.3, 0.4) is 0 Å². The SMILES string of the molecule is C=CCNc1cncc(C(=O)NCCC)c1. The van der Waals surface area contributed by atoms with Crippen LogP contribution >= 0.6 is 0 Å². The Morgan fingerprint density at radius 3 is 3.06 bits per heavy atom. The highest BCUT2D eigenvalue weighted by Crippen LogP contribution is 2.07. The normalized spacial score (nSPS) is 9.56. The van der Waals surface area contributed by atoms with Crippen molar-refractivity contribution >= 4 is 11.6 Å². The Labute approximate surface area is 95.8 Å². The van der Waals surface area contributed by atoms with E-state index in [2.05, 4.69) is 22.2 Å². The molecule has 1 heterocycles. The number of rotatable bonds is 6. The summed E-state index contributed by atoms with van der Waals surface area (Å²) in [6, 6.07) is 1.78. The van der Waals surface area contributed by atoms with Crippen molar-refractivity contribution in [2.24, 2.45) is 0 Å². The number of nitrogens with one attached hydrogen (secondary N) is 2. The van der Waals surface area contributed by atoms with Gasteiger partial charge in [0.05, 0.1) is 11.3 Å². The smallest absolute Gasteiger partial charge is 0.252 e. The highest BCUT2D eigenvalue weighted by Gasteiger charge is 2.05. The van der Waals surface area contributed by atoms with Crippen molar-refractivity contribution in [2.45, 2.75) is 13.3 Å². The van der Waals surface area contributed by atoms with Gasteiger partial charge in [0, 0.05) is 25.5 Å². The van der Waals surface area contributed by atoms with Crippen LogP contribution in [-0.4, -0.2) is 24.0 Å². The zero-order chi connectivity index (χ0) is 11.8. The molecule has 2 N–H and O–H groups in total. The van der Waals surface area contributed by atoms with Gasteiger partial charge in [-0.1, -0.05) is 13.0 Å². The molecule has 0 radical (unpaired) electrons. The summed E-state index contributed by atoms with van der Waals surface area (Å²) >= 11 is 0. The number of pyridine rings is 1. The molecule has 86 valence electrons. The Hall–Kier alpha value is -1.84. The van der Waals surface area contributed by atoms with E-state index in [1.807, 2.05) is 6.92 Å². The molecule has 4 heteroatoms. The predicted octanol–water partition coefficient (Wildman–Crippen LogP) is 1.82. The number of anilines is 1. The molecule has 16 heavy (non-hydrogen) atoms. The van der Waals surface area contributed by atoms with Crippen molar-refractivity contribution in [3.05, 3.63) is 36.7 Å². The van der Waals surface area contributed by atoms with Gasteiger partial charge in [0.2, 0.25) is 0 Å². The lowest BCUT2D eigenvalue weighted by atomic mass is 10.2. The molecule has 0 aliphatic carbocycles. The highest BCUT2D eigenvalue weighted by molar-refractivity contribution is 5.94. The summed E-state index contributed by atoms with van der Waals surface area (Å²) in [6.07, 6.45) is 5.92. The number of hydrogen-bond acceptors (Lipinski definition) is 3. The van der Waals surface area contributed by atoms with Gasteiger partial charge in [0.15, 0.2) is 0 Å². The number of hydrogen-bond donors (Lipinski definition) is 2. The summed E-state index contributed by atoms with van der Waals surface area (Å²) in [6.45, 7) is 6.96. The lowest BCUT2D eigenvalue weighted by Crippen LogP contribution is -2.24. The molecule has 1 amide bonds. The van der Waals surface area contributed by atoms with E-state index < -0.39 is 0 Å². The van der Waals surface area contributed by atoms with Crippen LogP contribution in [-0.2, 0) is 0 Å². The molecule has 1 rings (SSSR count). The quantitative estimate of drug-likeness (QED) is 0.717. The van der Waals surface area contributed by atoms with E-state index in [9.17, 15) is 4.79 Å². The first kappa shape index (κ1) is 12.2. The number of carbonyl (C=O) groups is 1. The van der Waals surface area contributed by atoms with Crippen molar-refractivity contribution in [2.75, 3.05) is 18.4 Å². The fourth-order valence-corrected chi connectivity index (χ4v) is 1.19. The summed E-state index contributed by atoms with van der Waals surface area (Å²) < 4.78 is 0. The molecular weight excluding hydrogens is 202 g/mol. The van der Waals surface area contributed by atoms with E-state index in [0.717, 1.165) is 12.1 Å². The van der Waals surface area contributed by atoms with Gasteiger partial charge in [0.1, 0.15) is 0 Å². The molecule has 1 aromatic rings. The first-order valence-electron chi connectivity index (χ1n) is 5.36. The summed E-state index contributed by atoms with van der Waals surface area (Å²) in [7, 11) is 0. The average molecular weight is 219 g/mol. The minimum atomic E-state index is -0.0865. The van der Waals surface area contributed by atoms with Gasteiger partial charge in [-0.15, -0.1) is 6.58 Å². The molecule has 0 saturated carbocycles. The third kappa shape index (κ3) is 3.73. The van der Waals surface area contributed by atoms with Gasteiger partial charge in [-0.25, -0.2) is 0 Å². The van der Waals surface area contributed by atoms with Gasteiger partial charge in [-0.2, -0.15) is 0 Å². The summed E-state index contributed by atoms with van der Waals surface area (Å²) in [4.78, 5) is 15.6. The van der Waals surface area contributed by atoms with Gasteiger partial charge >= 0.3 is 0 Å². The lowest BCUT2D eigenvalue weighted by Gasteiger charge is -2.06. The fraction of sp³-hybridized carbons (Fsp3) is 0.333. The third-order valence-electron chi connectivity index (χ3n) is 1.99. The minimum Gasteiger partial charge on any atom is -0.380 e. The van der Waals surface area contributed by atoms with Crippen LogP contribution in [0.2, 0.25) is 0 Å². The Balaban J connectivity index is 2.65. The molecule has 0 spiro atoms. The van der Waals surface area contributed by atoms with Gasteiger partial charge in [-0.3, -0.25) is 9.78 Å². The molecular formula is C12H17N3O. The monoisotopic (exact) mass is 219 g/mol. The number of amides is 1. The van der Waals surface area contributed by atoms with E-state index in [1.165, 1.54) is 0 Å². The van der Waals surface area contributed by atoms with E-state index in [-0.39, 0.29) is 5.91 Å². The van der Waals surface area contributed by atoms with Crippen LogP contribution < -0.4 is 10.6 Å². The van der Waals surface area contributed by atoms with Crippen LogP contribution in [0.15, 0.2) is 31.1 Å². The van der Waals surface area contributed by atoms with Crippen molar-refractivity contribution in [1.82, 2.24) is 10.3 Å². The first-order chi connectivity index (χ1) is 7.77. The first-order valence-corrected chi connectivity index (χ1v) is 5.36. The molecule has 1 aromatic heterocycles. The van der Waals surface area contributed by atoms with Crippen LogP contribution in [0.5, 0.6) is 0 Å². The zero-order valence-corrected chi connectivity index (χ0v) is 9.49. The highest BCUT2D eigenvalue weighted by atomic mass is 16.1. The summed E-state index contributed by atoms with van der Waals surface area (Å²) in [5, 5.41) is 5.89. The van der Waals surface area contributed by atoms with Crippen LogP contribution in [0.4, 0.5) is 5.69 Å². The van der Waals surface area contributed by atoms with Gasteiger partial charge in [0.25, 0.3) is 5.91 Å². The van der Waals surface area contributed by atoms with Crippen LogP contribution in [0.25, 0.3) is 0 Å². The second kappa shape index (κ2) is 6.61. The molecule has 0 unspecified atom stereocenters. The van der Waals surface area contributed by atoms with Gasteiger partial charge in [-0.05, 0) is 12.5 Å². The molecule has 0 aromatic carbocycles. The zero-order valence-electron chi connectivity index (χ0n) is 9.49. The number of nitrogens with zero attached hydrogens (tertiary/aromatic N) is 1. The molecule has 4 nitrogen and oxygen atoms in total. The van der Waals surface area contributed by atoms with Crippen LogP contribution in [0, 0.1) is 0 Å². The maximum absolute atomic E-state index is 11.6. The largest absolute Gasteiger partial charge is 0.380 e. The van der Waals surface area contributed by atoms with Crippen molar-refractivity contribution in [3.63, 3.8) is 0 Å². The van der Waals surface area contributed by atoms with Crippen molar-refractivity contribution in [1.29, 1.82) is 0 Å². The second-order valence-electron chi connectivity index (χ2n) is 3.39. The van der Waals surface area contributed by atoms with Crippen LogP contribution in [0.1, 0.15) is 23.7 Å². The Morgan fingerprint density at radius 1 is 1.56 bits per heavy atom. The topological polar surface area (TPSA) is 54.0 Å². The molecule has 0 bridgehead atoms. The van der Waals surface area contributed by atoms with Gasteiger partial charge < -0.3 is 10.6 Å². The average Bonchev–Trinajstić information content (AvgIpc) is 2.33. The van der Waals surface area contributed by atoms with E-state index in [0.29, 0.717) is 18.7 Å². The Kier molecular flexibility index (Phi) is 5.05. The summed E-state index contributed by atoms with van der Waals surface area (Å²) in [5.74, 6) is -0.0865. The maximum atomic E-state index is 11.6. The molecule has 0 saturated heterocycles. The minimum absolute atomic E-state index is 0.0865. The molecule has 0 aliphatic heterocycles.